The number of methoxy groups -OCH3 is 1. The number of para-hydroxylation sites is 1. The van der Waals surface area contributed by atoms with Gasteiger partial charge in [-0.05, 0) is 23.5 Å². The summed E-state index contributed by atoms with van der Waals surface area (Å²) in [6.45, 7) is 6.42. The summed E-state index contributed by atoms with van der Waals surface area (Å²) in [7, 11) is 1.45. The van der Waals surface area contributed by atoms with E-state index in [9.17, 15) is 4.79 Å². The minimum atomic E-state index is -0.266. The van der Waals surface area contributed by atoms with Crippen LogP contribution in [0.15, 0.2) is 24.3 Å². The van der Waals surface area contributed by atoms with E-state index in [4.69, 9.17) is 10.1 Å². The summed E-state index contributed by atoms with van der Waals surface area (Å²) in [5.74, 6) is 0.690. The highest BCUT2D eigenvalue weighted by Gasteiger charge is 2.63. The average molecular weight is 313 g/mol. The van der Waals surface area contributed by atoms with Gasteiger partial charge in [-0.1, -0.05) is 39.0 Å². The number of anilines is 1. The number of nitrogens with zero attached hydrogens (tertiary/aromatic N) is 2. The maximum absolute atomic E-state index is 12.4. The van der Waals surface area contributed by atoms with E-state index < -0.39 is 0 Å². The van der Waals surface area contributed by atoms with E-state index in [2.05, 4.69) is 42.7 Å². The maximum Gasteiger partial charge on any atom is 0.323 e. The van der Waals surface area contributed by atoms with E-state index in [1.54, 1.807) is 0 Å². The molecule has 0 aliphatic carbocycles. The van der Waals surface area contributed by atoms with Gasteiger partial charge in [-0.3, -0.25) is 15.1 Å². The first-order valence-electron chi connectivity index (χ1n) is 8.18. The summed E-state index contributed by atoms with van der Waals surface area (Å²) in [6.07, 6.45) is 0.846. The lowest BCUT2D eigenvalue weighted by Crippen LogP contribution is -2.50. The van der Waals surface area contributed by atoms with E-state index >= 15 is 0 Å². The lowest BCUT2D eigenvalue weighted by atomic mass is 9.85. The van der Waals surface area contributed by atoms with Gasteiger partial charge in [-0.25, -0.2) is 0 Å². The predicted molar refractivity (Wildman–Crippen MR) is 88.7 cm³/mol. The van der Waals surface area contributed by atoms with Crippen molar-refractivity contribution in [3.8, 4) is 0 Å². The first-order valence-corrected chi connectivity index (χ1v) is 8.18. The largest absolute Gasteiger partial charge is 0.468 e. The van der Waals surface area contributed by atoms with Crippen LogP contribution in [-0.4, -0.2) is 42.1 Å². The molecule has 1 aromatic rings. The molecule has 0 unspecified atom stereocenters. The molecule has 4 atom stereocenters. The Kier molecular flexibility index (Phi) is 2.92. The van der Waals surface area contributed by atoms with Crippen LogP contribution < -0.4 is 4.90 Å². The summed E-state index contributed by atoms with van der Waals surface area (Å²) in [5, 5.41) is 8.79. The molecular formula is C18H23N3O2. The Morgan fingerprint density at radius 1 is 1.30 bits per heavy atom. The van der Waals surface area contributed by atoms with E-state index in [0.717, 1.165) is 12.1 Å². The molecule has 0 bridgehead atoms. The summed E-state index contributed by atoms with van der Waals surface area (Å²) in [6, 6.07) is 7.96. The van der Waals surface area contributed by atoms with Crippen LogP contribution in [0.5, 0.6) is 0 Å². The zero-order valence-corrected chi connectivity index (χ0v) is 14.0. The Bertz CT molecular complexity index is 694. The van der Waals surface area contributed by atoms with Crippen LogP contribution in [-0.2, 0) is 9.53 Å². The Morgan fingerprint density at radius 2 is 2.00 bits per heavy atom. The molecule has 0 aromatic heterocycles. The quantitative estimate of drug-likeness (QED) is 0.810. The molecule has 0 saturated carbocycles. The number of rotatable bonds is 1. The molecule has 1 N–H and O–H groups in total. The molecule has 122 valence electrons. The first kappa shape index (κ1) is 14.7. The molecule has 2 saturated heterocycles. The van der Waals surface area contributed by atoms with Gasteiger partial charge < -0.3 is 9.64 Å². The van der Waals surface area contributed by atoms with Gasteiger partial charge in [0.2, 0.25) is 0 Å². The van der Waals surface area contributed by atoms with Crippen LogP contribution >= 0.6 is 0 Å². The highest BCUT2D eigenvalue weighted by Crippen LogP contribution is 2.56. The number of fused-ring (bicyclic) bond motifs is 3. The van der Waals surface area contributed by atoms with Gasteiger partial charge in [-0.2, -0.15) is 0 Å². The highest BCUT2D eigenvalue weighted by atomic mass is 16.5. The van der Waals surface area contributed by atoms with Crippen LogP contribution in [0.25, 0.3) is 0 Å². The topological polar surface area (TPSA) is 56.6 Å². The number of benzene rings is 1. The van der Waals surface area contributed by atoms with E-state index in [1.165, 1.54) is 12.7 Å². The monoisotopic (exact) mass is 313 g/mol. The molecule has 1 aromatic carbocycles. The lowest BCUT2D eigenvalue weighted by molar-refractivity contribution is -0.147. The molecule has 23 heavy (non-hydrogen) atoms. The lowest BCUT2D eigenvalue weighted by Gasteiger charge is -2.35. The van der Waals surface area contributed by atoms with Crippen LogP contribution in [0.1, 0.15) is 38.7 Å². The Morgan fingerprint density at radius 3 is 2.65 bits per heavy atom. The van der Waals surface area contributed by atoms with Gasteiger partial charge in [0, 0.05) is 11.6 Å². The third kappa shape index (κ3) is 1.77. The molecule has 5 nitrogen and oxygen atoms in total. The van der Waals surface area contributed by atoms with Crippen LogP contribution in [0.2, 0.25) is 0 Å². The predicted octanol–water partition coefficient (Wildman–Crippen LogP) is 2.57. The number of nitrogens with one attached hydrogen (secondary N) is 1. The molecule has 0 amide bonds. The summed E-state index contributed by atoms with van der Waals surface area (Å²) < 4.78 is 5.06. The van der Waals surface area contributed by atoms with Crippen LogP contribution in [0, 0.1) is 10.8 Å². The molecule has 2 fully saturated rings. The van der Waals surface area contributed by atoms with Crippen LogP contribution in [0.4, 0.5) is 5.69 Å². The van der Waals surface area contributed by atoms with Crippen molar-refractivity contribution in [3.63, 3.8) is 0 Å². The molecule has 5 heteroatoms. The smallest absolute Gasteiger partial charge is 0.323 e. The van der Waals surface area contributed by atoms with Gasteiger partial charge in [0.1, 0.15) is 11.9 Å². The fourth-order valence-corrected chi connectivity index (χ4v) is 4.73. The Labute approximate surface area is 136 Å². The van der Waals surface area contributed by atoms with Crippen molar-refractivity contribution in [2.45, 2.75) is 51.4 Å². The van der Waals surface area contributed by atoms with E-state index in [-0.39, 0.29) is 35.6 Å². The molecule has 0 radical (unpaired) electrons. The van der Waals surface area contributed by atoms with Gasteiger partial charge in [0.05, 0.1) is 19.3 Å². The normalized spacial score (nSPS) is 32.2. The summed E-state index contributed by atoms with van der Waals surface area (Å²) in [4.78, 5) is 16.7. The summed E-state index contributed by atoms with van der Waals surface area (Å²) >= 11 is 0. The molecule has 0 spiro atoms. The third-order valence-electron chi connectivity index (χ3n) is 5.47. The molecule has 3 aliphatic heterocycles. The number of hydrogen-bond acceptors (Lipinski definition) is 4. The van der Waals surface area contributed by atoms with Gasteiger partial charge >= 0.3 is 5.97 Å². The SMILES string of the molecule is COC(=O)[C@@H]1C[C@@H]2c3ccccc3N3C(=N)[C@H](C(C)(C)C)N1[C@H]23. The molecule has 3 heterocycles. The van der Waals surface area contributed by atoms with Crippen LogP contribution in [0.3, 0.4) is 0 Å². The second-order valence-corrected chi connectivity index (χ2v) is 7.82. The minimum Gasteiger partial charge on any atom is -0.468 e. The zero-order chi connectivity index (χ0) is 16.5. The number of carbonyl (C=O) groups excluding carboxylic acids is 1. The Hall–Kier alpha value is -1.88. The second kappa shape index (κ2) is 4.57. The number of esters is 1. The fourth-order valence-electron chi connectivity index (χ4n) is 4.73. The van der Waals surface area contributed by atoms with Crippen molar-refractivity contribution in [1.82, 2.24) is 4.90 Å². The molecule has 4 rings (SSSR count). The fraction of sp³-hybridized carbons (Fsp3) is 0.556. The number of hydrogen-bond donors (Lipinski definition) is 1. The van der Waals surface area contributed by atoms with Gasteiger partial charge in [0.25, 0.3) is 0 Å². The van der Waals surface area contributed by atoms with E-state index in [0.29, 0.717) is 5.84 Å². The highest BCUT2D eigenvalue weighted by molar-refractivity contribution is 6.05. The van der Waals surface area contributed by atoms with Crippen molar-refractivity contribution < 1.29 is 9.53 Å². The van der Waals surface area contributed by atoms with Crippen molar-refractivity contribution in [3.05, 3.63) is 29.8 Å². The van der Waals surface area contributed by atoms with Crippen molar-refractivity contribution in [2.75, 3.05) is 12.0 Å². The standard InChI is InChI=1S/C18H23N3O2/c1-18(2,3)14-15(19)21-12-8-6-5-7-10(12)11-9-13(17(22)23-4)20(14)16(11)21/h5-8,11,13-14,16,19H,9H2,1-4H3/t11-,13+,14-,16+/m1/s1. The van der Waals surface area contributed by atoms with Gasteiger partial charge in [-0.15, -0.1) is 0 Å². The molecular weight excluding hydrogens is 290 g/mol. The van der Waals surface area contributed by atoms with Crippen molar-refractivity contribution in [1.29, 1.82) is 5.41 Å². The van der Waals surface area contributed by atoms with Gasteiger partial charge in [0.15, 0.2) is 0 Å². The first-order chi connectivity index (χ1) is 10.9. The number of amidine groups is 1. The summed E-state index contributed by atoms with van der Waals surface area (Å²) in [5.41, 5.74) is 2.27. The Balaban J connectivity index is 1.87. The molecule has 3 aliphatic rings. The maximum atomic E-state index is 12.4. The van der Waals surface area contributed by atoms with Crippen molar-refractivity contribution >= 4 is 17.5 Å². The third-order valence-corrected chi connectivity index (χ3v) is 5.47. The number of ether oxygens (including phenoxy) is 1. The minimum absolute atomic E-state index is 0.0741. The number of carbonyl (C=O) groups is 1. The average Bonchev–Trinajstić information content (AvgIpc) is 3.10. The van der Waals surface area contributed by atoms with E-state index in [1.807, 2.05) is 12.1 Å². The second-order valence-electron chi connectivity index (χ2n) is 7.82. The van der Waals surface area contributed by atoms with Crippen molar-refractivity contribution in [2.24, 2.45) is 5.41 Å². The zero-order valence-electron chi connectivity index (χ0n) is 14.0.